The number of amides is 1. The average Bonchev–Trinajstić information content (AvgIpc) is 2.53. The number of nitrogens with one attached hydrogen (secondary N) is 1. The standard InChI is InChI=1S/C16H23NO5S/c1-3-9-23(21)13(10-12-7-5-4-6-8-12)11-14(15(18)22-2)17-16(19)20/h4-8,13-14,17H,3,9-11H2,1-2H3,(H,19,20)/t13-,14?,23?/m1/s1. The summed E-state index contributed by atoms with van der Waals surface area (Å²) in [6.07, 6.45) is 0.107. The van der Waals surface area contributed by atoms with Crippen molar-refractivity contribution in [3.8, 4) is 0 Å². The van der Waals surface area contributed by atoms with Gasteiger partial charge in [-0.1, -0.05) is 48.4 Å². The summed E-state index contributed by atoms with van der Waals surface area (Å²) in [7, 11) is 1.20. The van der Waals surface area contributed by atoms with Crippen LogP contribution in [0.1, 0.15) is 25.3 Å². The maximum absolute atomic E-state index is 12.5. The van der Waals surface area contributed by atoms with Crippen molar-refractivity contribution in [3.63, 3.8) is 0 Å². The van der Waals surface area contributed by atoms with E-state index in [1.807, 2.05) is 37.3 Å². The molecule has 1 rings (SSSR count). The molecule has 0 saturated heterocycles. The molecule has 6 nitrogen and oxygen atoms in total. The number of methoxy groups -OCH3 is 1. The predicted octanol–water partition coefficient (Wildman–Crippen LogP) is 1.96. The number of ether oxygens (including phenoxy) is 1. The summed E-state index contributed by atoms with van der Waals surface area (Å²) in [6, 6.07) is 8.50. The Labute approximate surface area is 139 Å². The van der Waals surface area contributed by atoms with Gasteiger partial charge in [0.2, 0.25) is 0 Å². The maximum atomic E-state index is 12.5. The van der Waals surface area contributed by atoms with Crippen molar-refractivity contribution in [3.05, 3.63) is 35.9 Å². The molecule has 0 spiro atoms. The highest BCUT2D eigenvalue weighted by atomic mass is 32.2. The van der Waals surface area contributed by atoms with Gasteiger partial charge in [-0.05, 0) is 12.0 Å². The van der Waals surface area contributed by atoms with Gasteiger partial charge in [0, 0.05) is 12.8 Å². The Morgan fingerprint density at radius 1 is 1.35 bits per heavy atom. The molecule has 0 aliphatic heterocycles. The van der Waals surface area contributed by atoms with Crippen molar-refractivity contribution in [1.82, 2.24) is 5.32 Å². The Morgan fingerprint density at radius 3 is 2.52 bits per heavy atom. The maximum Gasteiger partial charge on any atom is 0.405 e. The fourth-order valence-corrected chi connectivity index (χ4v) is 3.82. The number of carboxylic acid groups (broad SMARTS) is 1. The van der Waals surface area contributed by atoms with Gasteiger partial charge in [0.15, 0.2) is 0 Å². The molecule has 7 heteroatoms. The number of carbonyl (C=O) groups is 2. The monoisotopic (exact) mass is 341 g/mol. The van der Waals surface area contributed by atoms with Crippen LogP contribution in [0.2, 0.25) is 0 Å². The van der Waals surface area contributed by atoms with Gasteiger partial charge in [0.05, 0.1) is 7.11 Å². The number of carbonyl (C=O) groups excluding carboxylic acids is 1. The van der Waals surface area contributed by atoms with E-state index in [1.54, 1.807) is 0 Å². The minimum Gasteiger partial charge on any atom is -0.616 e. The summed E-state index contributed by atoms with van der Waals surface area (Å²) >= 11 is -1.15. The molecule has 23 heavy (non-hydrogen) atoms. The zero-order valence-corrected chi connectivity index (χ0v) is 14.2. The van der Waals surface area contributed by atoms with Crippen LogP contribution in [0.4, 0.5) is 4.79 Å². The van der Waals surface area contributed by atoms with Crippen molar-refractivity contribution in [2.24, 2.45) is 0 Å². The van der Waals surface area contributed by atoms with Gasteiger partial charge in [-0.3, -0.25) is 0 Å². The fraction of sp³-hybridized carbons (Fsp3) is 0.500. The van der Waals surface area contributed by atoms with Gasteiger partial charge in [-0.2, -0.15) is 0 Å². The Bertz CT molecular complexity index is 497. The van der Waals surface area contributed by atoms with Crippen LogP contribution in [0.5, 0.6) is 0 Å². The van der Waals surface area contributed by atoms with E-state index in [1.165, 1.54) is 7.11 Å². The molecule has 1 aromatic rings. The minimum absolute atomic E-state index is 0.139. The van der Waals surface area contributed by atoms with Crippen molar-refractivity contribution in [1.29, 1.82) is 0 Å². The molecule has 0 aliphatic carbocycles. The van der Waals surface area contributed by atoms with E-state index >= 15 is 0 Å². The average molecular weight is 341 g/mol. The summed E-state index contributed by atoms with van der Waals surface area (Å²) in [5.74, 6) is -0.155. The molecule has 3 atom stereocenters. The molecular weight excluding hydrogens is 318 g/mol. The number of rotatable bonds is 9. The first kappa shape index (κ1) is 19.3. The number of hydrogen-bond acceptors (Lipinski definition) is 4. The highest BCUT2D eigenvalue weighted by Gasteiger charge is 2.31. The summed E-state index contributed by atoms with van der Waals surface area (Å²) in [5.41, 5.74) is 1.00. The molecule has 0 radical (unpaired) electrons. The second-order valence-corrected chi connectivity index (χ2v) is 6.99. The fourth-order valence-electron chi connectivity index (χ4n) is 2.30. The van der Waals surface area contributed by atoms with Gasteiger partial charge in [0.1, 0.15) is 17.0 Å². The molecule has 1 amide bonds. The molecule has 2 N–H and O–H groups in total. The van der Waals surface area contributed by atoms with Gasteiger partial charge < -0.3 is 19.7 Å². The van der Waals surface area contributed by atoms with Crippen LogP contribution in [0.25, 0.3) is 0 Å². The first-order valence-corrected chi connectivity index (χ1v) is 8.84. The first-order chi connectivity index (χ1) is 11.0. The third-order valence-corrected chi connectivity index (χ3v) is 5.28. The van der Waals surface area contributed by atoms with Crippen molar-refractivity contribution in [2.75, 3.05) is 12.9 Å². The van der Waals surface area contributed by atoms with Gasteiger partial charge in [-0.25, -0.2) is 9.59 Å². The predicted molar refractivity (Wildman–Crippen MR) is 88.8 cm³/mol. The Balaban J connectivity index is 2.88. The van der Waals surface area contributed by atoms with Crippen LogP contribution < -0.4 is 5.32 Å². The Kier molecular flexibility index (Phi) is 8.50. The van der Waals surface area contributed by atoms with Gasteiger partial charge >= 0.3 is 12.1 Å². The van der Waals surface area contributed by atoms with Crippen molar-refractivity contribution >= 4 is 23.2 Å². The molecular formula is C16H23NO5S. The van der Waals surface area contributed by atoms with E-state index in [0.29, 0.717) is 12.2 Å². The third-order valence-electron chi connectivity index (χ3n) is 3.37. The summed E-state index contributed by atoms with van der Waals surface area (Å²) in [5, 5.41) is 10.7. The first-order valence-electron chi connectivity index (χ1n) is 7.46. The van der Waals surface area contributed by atoms with E-state index in [9.17, 15) is 14.1 Å². The second kappa shape index (κ2) is 10.1. The minimum atomic E-state index is -1.31. The van der Waals surface area contributed by atoms with Crippen molar-refractivity contribution < 1.29 is 24.0 Å². The lowest BCUT2D eigenvalue weighted by Gasteiger charge is -2.25. The van der Waals surface area contributed by atoms with Gasteiger partial charge in [-0.15, -0.1) is 0 Å². The molecule has 1 aromatic carbocycles. The molecule has 0 aliphatic rings. The van der Waals surface area contributed by atoms with E-state index in [0.717, 1.165) is 12.0 Å². The molecule has 0 heterocycles. The van der Waals surface area contributed by atoms with E-state index in [2.05, 4.69) is 10.1 Å². The smallest absolute Gasteiger partial charge is 0.405 e. The van der Waals surface area contributed by atoms with Crippen LogP contribution >= 0.6 is 0 Å². The molecule has 128 valence electrons. The summed E-state index contributed by atoms with van der Waals surface area (Å²) in [6.45, 7) is 1.94. The Morgan fingerprint density at radius 2 is 2.00 bits per heavy atom. The third kappa shape index (κ3) is 6.92. The van der Waals surface area contributed by atoms with Gasteiger partial charge in [0.25, 0.3) is 0 Å². The molecule has 0 aromatic heterocycles. The largest absolute Gasteiger partial charge is 0.616 e. The Hall–Kier alpha value is -1.73. The van der Waals surface area contributed by atoms with E-state index in [-0.39, 0.29) is 11.7 Å². The zero-order valence-electron chi connectivity index (χ0n) is 13.4. The molecule has 0 bridgehead atoms. The number of esters is 1. The molecule has 2 unspecified atom stereocenters. The van der Waals surface area contributed by atoms with Crippen LogP contribution in [-0.4, -0.2) is 45.9 Å². The van der Waals surface area contributed by atoms with Crippen LogP contribution in [0.15, 0.2) is 30.3 Å². The van der Waals surface area contributed by atoms with Crippen LogP contribution in [0.3, 0.4) is 0 Å². The quantitative estimate of drug-likeness (QED) is 0.528. The normalized spacial score (nSPS) is 14.6. The zero-order chi connectivity index (χ0) is 17.2. The van der Waals surface area contributed by atoms with Crippen LogP contribution in [-0.2, 0) is 27.1 Å². The topological polar surface area (TPSA) is 98.7 Å². The van der Waals surface area contributed by atoms with E-state index in [4.69, 9.17) is 5.11 Å². The summed E-state index contributed by atoms with van der Waals surface area (Å²) < 4.78 is 17.1. The SMILES string of the molecule is CCC[S+]([O-])[C@H](Cc1ccccc1)CC(NC(=O)O)C(=O)OC. The van der Waals surface area contributed by atoms with Crippen molar-refractivity contribution in [2.45, 2.75) is 37.5 Å². The number of hydrogen-bond donors (Lipinski definition) is 2. The highest BCUT2D eigenvalue weighted by Crippen LogP contribution is 2.18. The summed E-state index contributed by atoms with van der Waals surface area (Å²) in [4.78, 5) is 22.6. The second-order valence-electron chi connectivity index (χ2n) is 5.16. The molecule has 0 fully saturated rings. The lowest BCUT2D eigenvalue weighted by atomic mass is 10.0. The lowest BCUT2D eigenvalue weighted by molar-refractivity contribution is -0.143. The van der Waals surface area contributed by atoms with E-state index < -0.39 is 29.3 Å². The molecule has 0 saturated carbocycles. The highest BCUT2D eigenvalue weighted by molar-refractivity contribution is 7.92. The lowest BCUT2D eigenvalue weighted by Crippen LogP contribution is -2.45. The number of benzene rings is 1. The van der Waals surface area contributed by atoms with Crippen LogP contribution in [0, 0.1) is 0 Å².